The maximum Gasteiger partial charge on any atom is 0.0446 e. The van der Waals surface area contributed by atoms with Crippen molar-refractivity contribution < 1.29 is 0 Å². The Labute approximate surface area is 89.5 Å². The van der Waals surface area contributed by atoms with Crippen molar-refractivity contribution in [3.8, 4) is 0 Å². The van der Waals surface area contributed by atoms with Crippen LogP contribution in [0.5, 0.6) is 0 Å². The molecule has 2 heterocycles. The highest BCUT2D eigenvalue weighted by molar-refractivity contribution is 7.10. The van der Waals surface area contributed by atoms with Crippen molar-refractivity contribution in [2.75, 3.05) is 6.54 Å². The van der Waals surface area contributed by atoms with E-state index in [0.717, 1.165) is 5.92 Å². The van der Waals surface area contributed by atoms with E-state index < -0.39 is 0 Å². The van der Waals surface area contributed by atoms with Gasteiger partial charge in [-0.2, -0.15) is 0 Å². The van der Waals surface area contributed by atoms with Crippen LogP contribution in [0.1, 0.15) is 49.0 Å². The molecule has 0 bridgehead atoms. The average molecular weight is 207 g/mol. The van der Waals surface area contributed by atoms with Crippen molar-refractivity contribution in [3.63, 3.8) is 0 Å². The Kier molecular flexibility index (Phi) is 1.96. The lowest BCUT2D eigenvalue weighted by atomic mass is 9.82. The number of fused-ring (bicyclic) bond motifs is 2. The van der Waals surface area contributed by atoms with E-state index >= 15 is 0 Å². The molecule has 1 aromatic rings. The largest absolute Gasteiger partial charge is 0.307 e. The molecule has 14 heavy (non-hydrogen) atoms. The first kappa shape index (κ1) is 8.93. The van der Waals surface area contributed by atoms with Gasteiger partial charge in [0.1, 0.15) is 0 Å². The summed E-state index contributed by atoms with van der Waals surface area (Å²) in [5, 5.41) is 6.07. The zero-order valence-electron chi connectivity index (χ0n) is 8.68. The Morgan fingerprint density at radius 1 is 1.43 bits per heavy atom. The molecular formula is C12H17NS. The third-order valence-electron chi connectivity index (χ3n) is 3.86. The van der Waals surface area contributed by atoms with Crippen LogP contribution < -0.4 is 5.32 Å². The number of nitrogens with one attached hydrogen (secondary N) is 1. The molecule has 1 aliphatic heterocycles. The smallest absolute Gasteiger partial charge is 0.0446 e. The number of rotatable bonds is 0. The summed E-state index contributed by atoms with van der Waals surface area (Å²) in [5.41, 5.74) is 2.00. The molecule has 0 aromatic carbocycles. The van der Waals surface area contributed by atoms with Gasteiger partial charge >= 0.3 is 0 Å². The first-order valence-corrected chi connectivity index (χ1v) is 6.53. The normalized spacial score (nSPS) is 29.4. The van der Waals surface area contributed by atoms with Crippen LogP contribution in [0.25, 0.3) is 0 Å². The lowest BCUT2D eigenvalue weighted by molar-refractivity contribution is 0.311. The minimum absolute atomic E-state index is 0.377. The van der Waals surface area contributed by atoms with Gasteiger partial charge in [-0.15, -0.1) is 11.3 Å². The van der Waals surface area contributed by atoms with E-state index in [1.807, 2.05) is 11.3 Å². The Hall–Kier alpha value is -0.340. The summed E-state index contributed by atoms with van der Waals surface area (Å²) in [5.74, 6) is 0.719. The molecule has 1 spiro atoms. The summed E-state index contributed by atoms with van der Waals surface area (Å²) < 4.78 is 0. The standard InChI is InChI=1S/C12H17NS/c1-9-8-13-12(5-2-3-6-12)10-4-7-14-11(9)10/h4,7,9,13H,2-3,5-6,8H2,1H3. The average Bonchev–Trinajstić information content (AvgIpc) is 2.82. The van der Waals surface area contributed by atoms with Gasteiger partial charge in [-0.3, -0.25) is 0 Å². The third kappa shape index (κ3) is 1.10. The second-order valence-electron chi connectivity index (χ2n) is 4.77. The van der Waals surface area contributed by atoms with E-state index in [4.69, 9.17) is 0 Å². The van der Waals surface area contributed by atoms with Crippen LogP contribution in [-0.2, 0) is 5.54 Å². The van der Waals surface area contributed by atoms with E-state index in [-0.39, 0.29) is 0 Å². The third-order valence-corrected chi connectivity index (χ3v) is 5.01. The molecule has 2 aliphatic rings. The van der Waals surface area contributed by atoms with E-state index in [1.54, 1.807) is 10.4 Å². The summed E-state index contributed by atoms with van der Waals surface area (Å²) in [7, 11) is 0. The highest BCUT2D eigenvalue weighted by Crippen LogP contribution is 2.46. The van der Waals surface area contributed by atoms with E-state index in [2.05, 4.69) is 23.7 Å². The summed E-state index contributed by atoms with van der Waals surface area (Å²) in [6, 6.07) is 2.36. The molecule has 1 N–H and O–H groups in total. The van der Waals surface area contributed by atoms with Crippen LogP contribution >= 0.6 is 11.3 Å². The van der Waals surface area contributed by atoms with E-state index in [1.165, 1.54) is 32.2 Å². The Morgan fingerprint density at radius 3 is 3.00 bits per heavy atom. The summed E-state index contributed by atoms with van der Waals surface area (Å²) in [4.78, 5) is 1.64. The topological polar surface area (TPSA) is 12.0 Å². The maximum absolute atomic E-state index is 3.79. The predicted molar refractivity (Wildman–Crippen MR) is 60.9 cm³/mol. The molecule has 2 heteroatoms. The van der Waals surface area contributed by atoms with Crippen LogP contribution in [0.3, 0.4) is 0 Å². The number of thiophene rings is 1. The van der Waals surface area contributed by atoms with Gasteiger partial charge in [0, 0.05) is 22.9 Å². The molecule has 3 rings (SSSR count). The first-order chi connectivity index (χ1) is 6.82. The van der Waals surface area contributed by atoms with E-state index in [9.17, 15) is 0 Å². The predicted octanol–water partition coefficient (Wildman–Crippen LogP) is 3.22. The molecule has 1 saturated carbocycles. The lowest BCUT2D eigenvalue weighted by Crippen LogP contribution is -2.45. The quantitative estimate of drug-likeness (QED) is 0.688. The van der Waals surface area contributed by atoms with Crippen molar-refractivity contribution in [3.05, 3.63) is 21.9 Å². The van der Waals surface area contributed by atoms with Crippen molar-refractivity contribution >= 4 is 11.3 Å². The molecule has 1 aromatic heterocycles. The van der Waals surface area contributed by atoms with Gasteiger partial charge in [0.25, 0.3) is 0 Å². The lowest BCUT2D eigenvalue weighted by Gasteiger charge is -2.37. The van der Waals surface area contributed by atoms with Crippen LogP contribution in [0.2, 0.25) is 0 Å². The van der Waals surface area contributed by atoms with Gasteiger partial charge in [-0.25, -0.2) is 0 Å². The number of hydrogen-bond donors (Lipinski definition) is 1. The van der Waals surface area contributed by atoms with Crippen molar-refractivity contribution in [2.24, 2.45) is 0 Å². The number of hydrogen-bond acceptors (Lipinski definition) is 2. The van der Waals surface area contributed by atoms with Gasteiger partial charge < -0.3 is 5.32 Å². The van der Waals surface area contributed by atoms with Crippen LogP contribution in [0, 0.1) is 0 Å². The van der Waals surface area contributed by atoms with Crippen LogP contribution in [-0.4, -0.2) is 6.54 Å². The molecule has 0 amide bonds. The molecule has 1 atom stereocenters. The SMILES string of the molecule is CC1CNC2(CCCC2)c2ccsc21. The highest BCUT2D eigenvalue weighted by atomic mass is 32.1. The zero-order valence-corrected chi connectivity index (χ0v) is 9.49. The fraction of sp³-hybridized carbons (Fsp3) is 0.667. The molecular weight excluding hydrogens is 190 g/mol. The summed E-state index contributed by atoms with van der Waals surface area (Å²) in [6.07, 6.45) is 5.50. The fourth-order valence-electron chi connectivity index (χ4n) is 3.06. The Balaban J connectivity index is 2.08. The van der Waals surface area contributed by atoms with Gasteiger partial charge in [0.2, 0.25) is 0 Å². The molecule has 1 aliphatic carbocycles. The van der Waals surface area contributed by atoms with Crippen LogP contribution in [0.4, 0.5) is 0 Å². The molecule has 1 nitrogen and oxygen atoms in total. The highest BCUT2D eigenvalue weighted by Gasteiger charge is 2.40. The van der Waals surface area contributed by atoms with Crippen molar-refractivity contribution in [1.82, 2.24) is 5.32 Å². The maximum atomic E-state index is 3.79. The summed E-state index contributed by atoms with van der Waals surface area (Å²) in [6.45, 7) is 3.51. The van der Waals surface area contributed by atoms with Gasteiger partial charge in [0.15, 0.2) is 0 Å². The van der Waals surface area contributed by atoms with Crippen LogP contribution in [0.15, 0.2) is 11.4 Å². The first-order valence-electron chi connectivity index (χ1n) is 5.65. The monoisotopic (exact) mass is 207 g/mol. The Bertz CT molecular complexity index is 336. The summed E-state index contributed by atoms with van der Waals surface area (Å²) >= 11 is 1.95. The zero-order chi connectivity index (χ0) is 9.60. The van der Waals surface area contributed by atoms with E-state index in [0.29, 0.717) is 5.54 Å². The van der Waals surface area contributed by atoms with Gasteiger partial charge in [0.05, 0.1) is 0 Å². The molecule has 76 valence electrons. The second kappa shape index (κ2) is 3.07. The van der Waals surface area contributed by atoms with Crippen molar-refractivity contribution in [1.29, 1.82) is 0 Å². The fourth-order valence-corrected chi connectivity index (χ4v) is 4.12. The molecule has 0 radical (unpaired) electrons. The minimum Gasteiger partial charge on any atom is -0.307 e. The second-order valence-corrected chi connectivity index (χ2v) is 5.72. The molecule has 1 fully saturated rings. The molecule has 1 unspecified atom stereocenters. The van der Waals surface area contributed by atoms with Gasteiger partial charge in [-0.1, -0.05) is 19.8 Å². The Morgan fingerprint density at radius 2 is 2.21 bits per heavy atom. The minimum atomic E-state index is 0.377. The van der Waals surface area contributed by atoms with Crippen molar-refractivity contribution in [2.45, 2.75) is 44.1 Å². The molecule has 0 saturated heterocycles. The van der Waals surface area contributed by atoms with Gasteiger partial charge in [-0.05, 0) is 29.9 Å².